The first kappa shape index (κ1) is 56.0. The molecule has 0 amide bonds. The standard InChI is InChI=1S/C58H78N2O13/c1-40(61)47-16-17-49-42(7-5-24-67-27-30-70-31-28-68-25-6-22-59-56(49)54(47)41(2)62)18-20-58(66)21-19-52-50-14-10-44-37-46(63)13-15-48(44)55(50)51(38-57(52,58)3)43-8-11-45(12-9-43)60(4)23-26-69-29-32-71-33-34-72-35-36-73-39-53(64)65/h8-9,11-12,16-17,37,42,50-52,59,66H,5-7,10,13-15,19,21-36,38-39H2,1-4H3,(H,64,65). The van der Waals surface area contributed by atoms with Gasteiger partial charge in [0, 0.05) is 68.3 Å². The number of benzene rings is 2. The van der Waals surface area contributed by atoms with Gasteiger partial charge in [0.15, 0.2) is 17.3 Å². The summed E-state index contributed by atoms with van der Waals surface area (Å²) < 4.78 is 39.3. The second kappa shape index (κ2) is 27.2. The van der Waals surface area contributed by atoms with Crippen molar-refractivity contribution in [2.75, 3.05) is 123 Å². The number of aliphatic carboxylic acids is 1. The molecule has 0 spiro atoms. The third kappa shape index (κ3) is 14.3. The van der Waals surface area contributed by atoms with Crippen LogP contribution in [0.5, 0.6) is 0 Å². The molecule has 2 aromatic rings. The Hall–Kier alpha value is -4.76. The number of fused-ring (bicyclic) bond motifs is 5. The van der Waals surface area contributed by atoms with E-state index in [9.17, 15) is 24.3 Å². The van der Waals surface area contributed by atoms with E-state index in [1.807, 2.05) is 12.1 Å². The van der Waals surface area contributed by atoms with Crippen LogP contribution >= 0.6 is 0 Å². The molecule has 6 atom stereocenters. The Labute approximate surface area is 431 Å². The second-order valence-corrected chi connectivity index (χ2v) is 20.3. The van der Waals surface area contributed by atoms with Crippen LogP contribution in [0.25, 0.3) is 0 Å². The zero-order valence-electron chi connectivity index (χ0n) is 43.6. The number of hydrogen-bond acceptors (Lipinski definition) is 14. The van der Waals surface area contributed by atoms with Crippen LogP contribution in [0.15, 0.2) is 59.2 Å². The summed E-state index contributed by atoms with van der Waals surface area (Å²) in [5.41, 5.74) is 6.55. The van der Waals surface area contributed by atoms with Crippen LogP contribution in [0.1, 0.15) is 129 Å². The second-order valence-electron chi connectivity index (χ2n) is 20.3. The van der Waals surface area contributed by atoms with E-state index in [0.29, 0.717) is 148 Å². The first-order chi connectivity index (χ1) is 35.3. The molecule has 15 nitrogen and oxygen atoms in total. The summed E-state index contributed by atoms with van der Waals surface area (Å²) in [5, 5.41) is 25.4. The highest BCUT2D eigenvalue weighted by atomic mass is 16.6. The number of carbonyl (C=O) groups excluding carboxylic acids is 3. The van der Waals surface area contributed by atoms with Crippen LogP contribution in [0.2, 0.25) is 0 Å². The quantitative estimate of drug-likeness (QED) is 0.0747. The van der Waals surface area contributed by atoms with Gasteiger partial charge >= 0.3 is 5.97 Å². The summed E-state index contributed by atoms with van der Waals surface area (Å²) in [5.74, 6) is 6.11. The number of hydrogen-bond donors (Lipinski definition) is 3. The molecular weight excluding hydrogens is 933 g/mol. The monoisotopic (exact) mass is 1010 g/mol. The normalized spacial score (nSPS) is 25.9. The van der Waals surface area contributed by atoms with Crippen LogP contribution in [-0.4, -0.2) is 152 Å². The molecule has 15 heteroatoms. The molecule has 7 rings (SSSR count). The maximum atomic E-state index is 13.4. The number of nitrogens with zero attached hydrogens (tertiary/aromatic N) is 1. The van der Waals surface area contributed by atoms with E-state index < -0.39 is 17.0 Å². The third-order valence-corrected chi connectivity index (χ3v) is 15.6. The minimum absolute atomic E-state index is 0.0212. The van der Waals surface area contributed by atoms with Gasteiger partial charge in [-0.15, -0.1) is 0 Å². The summed E-state index contributed by atoms with van der Waals surface area (Å²) in [6, 6.07) is 12.5. The predicted octanol–water partition coefficient (Wildman–Crippen LogP) is 7.74. The van der Waals surface area contributed by atoms with Gasteiger partial charge in [-0.1, -0.05) is 48.6 Å². The van der Waals surface area contributed by atoms with Crippen LogP contribution in [-0.2, 0) is 42.7 Å². The molecule has 1 heterocycles. The van der Waals surface area contributed by atoms with Gasteiger partial charge in [0.2, 0.25) is 0 Å². The number of likely N-dealkylation sites (N-methyl/N-ethyl adjacent to an activating group) is 1. The fourth-order valence-electron chi connectivity index (χ4n) is 11.9. The van der Waals surface area contributed by atoms with Gasteiger partial charge in [-0.2, -0.15) is 0 Å². The van der Waals surface area contributed by atoms with Crippen LogP contribution in [0.4, 0.5) is 11.4 Å². The van der Waals surface area contributed by atoms with Crippen molar-refractivity contribution >= 4 is 34.7 Å². The van der Waals surface area contributed by atoms with Crippen LogP contribution in [0, 0.1) is 29.1 Å². The number of carbonyl (C=O) groups is 4. The molecule has 398 valence electrons. The SMILES string of the molecule is CC(=O)c1ccc2c(c1C(C)=O)NCCCOCCOCCOCCCC2C#CC1(O)CCC2C3CCC4=CC(=O)CCC4=C3C(c3ccc(N(C)CCOCCOCCOCCOCC(=O)O)cc3)CC21C. The number of carboxylic acids is 1. The van der Waals surface area contributed by atoms with Crippen molar-refractivity contribution in [3.63, 3.8) is 0 Å². The smallest absolute Gasteiger partial charge is 0.329 e. The fraction of sp³-hybridized carbons (Fsp3) is 0.621. The van der Waals surface area contributed by atoms with E-state index in [0.717, 1.165) is 36.9 Å². The van der Waals surface area contributed by atoms with E-state index >= 15 is 0 Å². The van der Waals surface area contributed by atoms with Crippen molar-refractivity contribution < 1.29 is 62.5 Å². The summed E-state index contributed by atoms with van der Waals surface area (Å²) in [6.07, 6.45) is 8.99. The number of nitrogens with one attached hydrogen (secondary N) is 1. The molecule has 2 aromatic carbocycles. The van der Waals surface area contributed by atoms with E-state index in [-0.39, 0.29) is 54.2 Å². The van der Waals surface area contributed by atoms with Crippen molar-refractivity contribution in [2.45, 2.75) is 102 Å². The van der Waals surface area contributed by atoms with Crippen molar-refractivity contribution in [1.82, 2.24) is 0 Å². The predicted molar refractivity (Wildman–Crippen MR) is 278 cm³/mol. The zero-order valence-corrected chi connectivity index (χ0v) is 43.6. The topological polar surface area (TPSA) is 189 Å². The first-order valence-electron chi connectivity index (χ1n) is 26.5. The third-order valence-electron chi connectivity index (χ3n) is 15.6. The highest BCUT2D eigenvalue weighted by Crippen LogP contribution is 2.66. The number of aliphatic hydroxyl groups is 1. The first-order valence-corrected chi connectivity index (χ1v) is 26.5. The minimum Gasteiger partial charge on any atom is -0.480 e. The number of ether oxygens (including phenoxy) is 7. The Morgan fingerprint density at radius 1 is 0.795 bits per heavy atom. The summed E-state index contributed by atoms with van der Waals surface area (Å²) in [6.45, 7) is 11.7. The van der Waals surface area contributed by atoms with Crippen molar-refractivity contribution in [3.8, 4) is 11.8 Å². The molecule has 73 heavy (non-hydrogen) atoms. The van der Waals surface area contributed by atoms with Gasteiger partial charge in [0.05, 0.1) is 83.9 Å². The molecular formula is C58H78N2O13. The fourth-order valence-corrected chi connectivity index (χ4v) is 11.9. The lowest BCUT2D eigenvalue weighted by Crippen LogP contribution is -2.51. The van der Waals surface area contributed by atoms with Crippen LogP contribution < -0.4 is 10.2 Å². The molecule has 0 bridgehead atoms. The highest BCUT2D eigenvalue weighted by Gasteiger charge is 2.62. The molecule has 0 radical (unpaired) electrons. The average molecular weight is 1010 g/mol. The molecule has 2 fully saturated rings. The highest BCUT2D eigenvalue weighted by molar-refractivity contribution is 6.11. The lowest BCUT2D eigenvalue weighted by atomic mass is 9.51. The maximum Gasteiger partial charge on any atom is 0.329 e. The van der Waals surface area contributed by atoms with E-state index in [1.54, 1.807) is 6.07 Å². The Morgan fingerprint density at radius 2 is 1.45 bits per heavy atom. The Bertz CT molecular complexity index is 2350. The number of ketones is 3. The number of allylic oxidation sites excluding steroid dienone is 4. The molecule has 3 N–H and O–H groups in total. The van der Waals surface area contributed by atoms with Crippen molar-refractivity contribution in [3.05, 3.63) is 81.4 Å². The molecule has 2 saturated carbocycles. The van der Waals surface area contributed by atoms with Crippen molar-refractivity contribution in [1.29, 1.82) is 0 Å². The van der Waals surface area contributed by atoms with Gasteiger partial charge in [0.25, 0.3) is 0 Å². The molecule has 0 saturated heterocycles. The summed E-state index contributed by atoms with van der Waals surface area (Å²) in [4.78, 5) is 51.9. The molecule has 6 unspecified atom stereocenters. The Morgan fingerprint density at radius 3 is 2.12 bits per heavy atom. The minimum atomic E-state index is -1.31. The van der Waals surface area contributed by atoms with Gasteiger partial charge in [0.1, 0.15) is 12.2 Å². The molecule has 1 aliphatic heterocycles. The van der Waals surface area contributed by atoms with Gasteiger partial charge in [-0.25, -0.2) is 4.79 Å². The van der Waals surface area contributed by atoms with Gasteiger partial charge in [-0.3, -0.25) is 14.4 Å². The summed E-state index contributed by atoms with van der Waals surface area (Å²) in [7, 11) is 2.05. The van der Waals surface area contributed by atoms with E-state index in [1.165, 1.54) is 36.1 Å². The largest absolute Gasteiger partial charge is 0.480 e. The summed E-state index contributed by atoms with van der Waals surface area (Å²) >= 11 is 0. The Kier molecular flexibility index (Phi) is 20.8. The lowest BCUT2D eigenvalue weighted by molar-refractivity contribution is -0.142. The van der Waals surface area contributed by atoms with Gasteiger partial charge in [-0.05, 0) is 124 Å². The number of rotatable bonds is 18. The average Bonchev–Trinajstić information content (AvgIpc) is 3.64. The van der Waals surface area contributed by atoms with E-state index in [2.05, 4.69) is 60.3 Å². The lowest BCUT2D eigenvalue weighted by Gasteiger charge is -2.53. The van der Waals surface area contributed by atoms with Crippen molar-refractivity contribution in [2.24, 2.45) is 17.3 Å². The number of Topliss-reactive ketones (excluding diaryl/α,β-unsaturated/α-hetero) is 2. The zero-order chi connectivity index (χ0) is 51.8. The number of anilines is 2. The molecule has 0 aromatic heterocycles. The molecule has 5 aliphatic rings. The maximum absolute atomic E-state index is 13.4. The van der Waals surface area contributed by atoms with Crippen LogP contribution in [0.3, 0.4) is 0 Å². The van der Waals surface area contributed by atoms with Gasteiger partial charge < -0.3 is 53.6 Å². The number of carboxylic acid groups (broad SMARTS) is 1. The van der Waals surface area contributed by atoms with E-state index in [4.69, 9.17) is 38.3 Å². The molecule has 4 aliphatic carbocycles. The Balaban J connectivity index is 1.11.